The highest BCUT2D eigenvalue weighted by Crippen LogP contribution is 2.31. The second kappa shape index (κ2) is 9.98. The first-order chi connectivity index (χ1) is 14.7. The first kappa shape index (κ1) is 20.7. The summed E-state index contributed by atoms with van der Waals surface area (Å²) in [6.07, 6.45) is 6.65. The van der Waals surface area contributed by atoms with Gasteiger partial charge in [-0.05, 0) is 41.9 Å². The van der Waals surface area contributed by atoms with E-state index in [1.807, 2.05) is 36.8 Å². The Morgan fingerprint density at radius 3 is 2.57 bits per heavy atom. The van der Waals surface area contributed by atoms with E-state index in [2.05, 4.69) is 45.2 Å². The zero-order valence-electron chi connectivity index (χ0n) is 16.5. The van der Waals surface area contributed by atoms with Crippen LogP contribution in [0.1, 0.15) is 17.5 Å². The molecule has 0 spiro atoms. The van der Waals surface area contributed by atoms with Crippen molar-refractivity contribution in [1.29, 1.82) is 0 Å². The molecule has 4 aromatic rings. The van der Waals surface area contributed by atoms with E-state index in [9.17, 15) is 0 Å². The highest BCUT2D eigenvalue weighted by atomic mass is 35.5. The number of halogens is 2. The third-order valence-electron chi connectivity index (χ3n) is 5.06. The minimum absolute atomic E-state index is 0.324. The largest absolute Gasteiger partial charge is 0.488 e. The van der Waals surface area contributed by atoms with Gasteiger partial charge in [0.1, 0.15) is 12.4 Å². The van der Waals surface area contributed by atoms with Gasteiger partial charge >= 0.3 is 0 Å². The Morgan fingerprint density at radius 1 is 0.933 bits per heavy atom. The topological polar surface area (TPSA) is 39.1 Å². The lowest BCUT2D eigenvalue weighted by atomic mass is 10.0. The van der Waals surface area contributed by atoms with Gasteiger partial charge in [0.25, 0.3) is 0 Å². The molecular weight excluding hydrogens is 417 g/mol. The number of benzene rings is 3. The average molecular weight is 440 g/mol. The van der Waals surface area contributed by atoms with Crippen molar-refractivity contribution in [3.63, 3.8) is 0 Å². The molecule has 1 N–H and O–H groups in total. The summed E-state index contributed by atoms with van der Waals surface area (Å²) >= 11 is 12.6. The van der Waals surface area contributed by atoms with Gasteiger partial charge in [-0.25, -0.2) is 4.98 Å². The van der Waals surface area contributed by atoms with Crippen molar-refractivity contribution >= 4 is 34.0 Å². The monoisotopic (exact) mass is 439 g/mol. The number of nitrogens with zero attached hydrogens (tertiary/aromatic N) is 2. The van der Waals surface area contributed by atoms with Gasteiger partial charge in [-0.1, -0.05) is 59.6 Å². The molecule has 0 aliphatic rings. The van der Waals surface area contributed by atoms with E-state index >= 15 is 0 Å². The maximum Gasteiger partial charge on any atom is 0.124 e. The van der Waals surface area contributed by atoms with Crippen molar-refractivity contribution in [2.24, 2.45) is 0 Å². The molecule has 0 unspecified atom stereocenters. The smallest absolute Gasteiger partial charge is 0.124 e. The molecule has 0 fully saturated rings. The minimum atomic E-state index is 0.324. The Kier molecular flexibility index (Phi) is 6.90. The highest BCUT2D eigenvalue weighted by molar-refractivity contribution is 6.35. The molecule has 0 aliphatic carbocycles. The summed E-state index contributed by atoms with van der Waals surface area (Å²) in [4.78, 5) is 4.08. The Bertz CT molecular complexity index is 1090. The molecule has 3 aromatic carbocycles. The third-order valence-corrected chi connectivity index (χ3v) is 5.77. The van der Waals surface area contributed by atoms with Gasteiger partial charge in [0.15, 0.2) is 0 Å². The molecule has 0 saturated carbocycles. The summed E-state index contributed by atoms with van der Waals surface area (Å²) in [5.74, 6) is 0.840. The van der Waals surface area contributed by atoms with Crippen molar-refractivity contribution in [2.75, 3.05) is 6.54 Å². The van der Waals surface area contributed by atoms with Crippen molar-refractivity contribution in [1.82, 2.24) is 14.9 Å². The van der Waals surface area contributed by atoms with E-state index in [-0.39, 0.29) is 0 Å². The van der Waals surface area contributed by atoms with Crippen LogP contribution in [-0.2, 0) is 19.7 Å². The fourth-order valence-corrected chi connectivity index (χ4v) is 3.98. The van der Waals surface area contributed by atoms with Gasteiger partial charge < -0.3 is 14.6 Å². The summed E-state index contributed by atoms with van der Waals surface area (Å²) in [6, 6.07) is 18.0. The SMILES string of the molecule is Clc1cccc(Cl)c1COc1ccc2ccccc2c1CNCCCn1ccnc1. The lowest BCUT2D eigenvalue weighted by molar-refractivity contribution is 0.303. The maximum absolute atomic E-state index is 6.31. The van der Waals surface area contributed by atoms with E-state index in [0.29, 0.717) is 16.7 Å². The molecule has 6 heteroatoms. The fraction of sp³-hybridized carbons (Fsp3) is 0.208. The van der Waals surface area contributed by atoms with Crippen LogP contribution in [0.4, 0.5) is 0 Å². The molecule has 30 heavy (non-hydrogen) atoms. The maximum atomic E-state index is 6.31. The Morgan fingerprint density at radius 2 is 1.77 bits per heavy atom. The van der Waals surface area contributed by atoms with Crippen LogP contribution in [0.25, 0.3) is 10.8 Å². The third kappa shape index (κ3) is 4.96. The zero-order valence-corrected chi connectivity index (χ0v) is 18.0. The van der Waals surface area contributed by atoms with Gasteiger partial charge in [-0.2, -0.15) is 0 Å². The molecule has 4 rings (SSSR count). The van der Waals surface area contributed by atoms with Gasteiger partial charge in [0.2, 0.25) is 0 Å². The Labute approximate surface area is 186 Å². The lowest BCUT2D eigenvalue weighted by Gasteiger charge is -2.16. The van der Waals surface area contributed by atoms with E-state index in [4.69, 9.17) is 27.9 Å². The molecule has 0 bridgehead atoms. The summed E-state index contributed by atoms with van der Waals surface area (Å²) < 4.78 is 8.27. The molecule has 0 radical (unpaired) electrons. The van der Waals surface area contributed by atoms with Gasteiger partial charge in [0, 0.05) is 46.7 Å². The van der Waals surface area contributed by atoms with Crippen LogP contribution in [-0.4, -0.2) is 16.1 Å². The van der Waals surface area contributed by atoms with Crippen LogP contribution in [0.5, 0.6) is 5.75 Å². The second-order valence-corrected chi connectivity index (χ2v) is 7.90. The van der Waals surface area contributed by atoms with Crippen LogP contribution in [0, 0.1) is 0 Å². The lowest BCUT2D eigenvalue weighted by Crippen LogP contribution is -2.17. The predicted octanol–water partition coefficient (Wildman–Crippen LogP) is 6.10. The van der Waals surface area contributed by atoms with E-state index in [1.54, 1.807) is 6.20 Å². The number of hydrogen-bond donors (Lipinski definition) is 1. The molecule has 4 nitrogen and oxygen atoms in total. The van der Waals surface area contributed by atoms with Crippen LogP contribution >= 0.6 is 23.2 Å². The van der Waals surface area contributed by atoms with Crippen LogP contribution < -0.4 is 10.1 Å². The number of aromatic nitrogens is 2. The van der Waals surface area contributed by atoms with Gasteiger partial charge in [-0.15, -0.1) is 0 Å². The summed E-state index contributed by atoms with van der Waals surface area (Å²) in [5.41, 5.74) is 1.94. The van der Waals surface area contributed by atoms with E-state index < -0.39 is 0 Å². The number of aryl methyl sites for hydroxylation is 1. The van der Waals surface area contributed by atoms with Crippen LogP contribution in [0.3, 0.4) is 0 Å². The number of fused-ring (bicyclic) bond motifs is 1. The van der Waals surface area contributed by atoms with Gasteiger partial charge in [0.05, 0.1) is 6.33 Å². The molecule has 0 amide bonds. The van der Waals surface area contributed by atoms with Crippen LogP contribution in [0.15, 0.2) is 73.3 Å². The second-order valence-electron chi connectivity index (χ2n) is 7.08. The van der Waals surface area contributed by atoms with E-state index in [0.717, 1.165) is 42.9 Å². The Balaban J connectivity index is 1.48. The van der Waals surface area contributed by atoms with Crippen molar-refractivity contribution in [3.05, 3.63) is 94.5 Å². The predicted molar refractivity (Wildman–Crippen MR) is 123 cm³/mol. The highest BCUT2D eigenvalue weighted by Gasteiger charge is 2.11. The molecule has 1 aromatic heterocycles. The number of rotatable bonds is 9. The standard InChI is InChI=1S/C24H23Cl2N3O/c25-22-7-3-8-23(26)21(22)16-30-24-10-9-18-5-1-2-6-19(18)20(24)15-27-11-4-13-29-14-12-28-17-29/h1-3,5-10,12,14,17,27H,4,11,13,15-16H2. The normalized spacial score (nSPS) is 11.1. The molecule has 154 valence electrons. The van der Waals surface area contributed by atoms with Gasteiger partial charge in [-0.3, -0.25) is 0 Å². The molecule has 0 aliphatic heterocycles. The first-order valence-electron chi connectivity index (χ1n) is 9.95. The fourth-order valence-electron chi connectivity index (χ4n) is 3.47. The van der Waals surface area contributed by atoms with Crippen molar-refractivity contribution in [2.45, 2.75) is 26.1 Å². The summed E-state index contributed by atoms with van der Waals surface area (Å²) in [5, 5.41) is 7.15. The van der Waals surface area contributed by atoms with Crippen molar-refractivity contribution < 1.29 is 4.74 Å². The summed E-state index contributed by atoms with van der Waals surface area (Å²) in [7, 11) is 0. The number of ether oxygens (including phenoxy) is 1. The molecule has 0 atom stereocenters. The molecular formula is C24H23Cl2N3O. The minimum Gasteiger partial charge on any atom is -0.488 e. The first-order valence-corrected chi connectivity index (χ1v) is 10.7. The average Bonchev–Trinajstić information content (AvgIpc) is 3.27. The number of imidazole rings is 1. The Hall–Kier alpha value is -2.53. The number of nitrogens with one attached hydrogen (secondary N) is 1. The molecule has 0 saturated heterocycles. The number of hydrogen-bond acceptors (Lipinski definition) is 3. The van der Waals surface area contributed by atoms with Crippen LogP contribution in [0.2, 0.25) is 10.0 Å². The zero-order chi connectivity index (χ0) is 20.8. The summed E-state index contributed by atoms with van der Waals surface area (Å²) in [6.45, 7) is 2.88. The molecule has 1 heterocycles. The van der Waals surface area contributed by atoms with Crippen molar-refractivity contribution in [3.8, 4) is 5.75 Å². The quantitative estimate of drug-likeness (QED) is 0.320. The van der Waals surface area contributed by atoms with E-state index in [1.165, 1.54) is 10.8 Å².